The molecule has 0 aliphatic carbocycles. The summed E-state index contributed by atoms with van der Waals surface area (Å²) in [4.78, 5) is 6.70. The monoisotopic (exact) mass is 285 g/mol. The molecule has 0 saturated heterocycles. The maximum atomic E-state index is 5.92. The second-order valence-corrected chi connectivity index (χ2v) is 4.99. The summed E-state index contributed by atoms with van der Waals surface area (Å²) in [6.07, 6.45) is 0.931. The van der Waals surface area contributed by atoms with Crippen LogP contribution in [0, 0.1) is 6.92 Å². The second kappa shape index (κ2) is 6.97. The predicted octanol–water partition coefficient (Wildman–Crippen LogP) is 3.92. The molecule has 1 heterocycles. The van der Waals surface area contributed by atoms with E-state index in [1.807, 2.05) is 12.1 Å². The van der Waals surface area contributed by atoms with Gasteiger partial charge < -0.3 is 15.4 Å². The Morgan fingerprint density at radius 3 is 2.43 bits per heavy atom. The van der Waals surface area contributed by atoms with Crippen LogP contribution in [-0.4, -0.2) is 18.1 Å². The summed E-state index contributed by atoms with van der Waals surface area (Å²) in [7, 11) is 0. The van der Waals surface area contributed by atoms with Crippen molar-refractivity contribution < 1.29 is 4.74 Å². The van der Waals surface area contributed by atoms with Gasteiger partial charge in [0.05, 0.1) is 12.3 Å². The van der Waals surface area contributed by atoms with Crippen LogP contribution in [0.25, 0.3) is 0 Å². The fraction of sp³-hybridized carbons (Fsp3) is 0.353. The van der Waals surface area contributed by atoms with Crippen LogP contribution < -0.4 is 15.4 Å². The van der Waals surface area contributed by atoms with Crippen molar-refractivity contribution in [3.63, 3.8) is 0 Å². The number of aryl methyl sites for hydroxylation is 1. The lowest BCUT2D eigenvalue weighted by Crippen LogP contribution is -2.18. The molecule has 2 rings (SSSR count). The van der Waals surface area contributed by atoms with E-state index in [0.29, 0.717) is 18.2 Å². The summed E-state index contributed by atoms with van der Waals surface area (Å²) in [6, 6.07) is 12.2. The SMILES string of the molecule is CCCOc1nc(N(CC)c2ccc(C)cc2)ccc1N. The van der Waals surface area contributed by atoms with E-state index in [2.05, 4.69) is 54.9 Å². The molecule has 0 atom stereocenters. The van der Waals surface area contributed by atoms with Gasteiger partial charge >= 0.3 is 0 Å². The van der Waals surface area contributed by atoms with Gasteiger partial charge in [-0.15, -0.1) is 0 Å². The van der Waals surface area contributed by atoms with Crippen molar-refractivity contribution in [1.82, 2.24) is 4.98 Å². The molecule has 0 aliphatic rings. The standard InChI is InChI=1S/C17H23N3O/c1-4-12-21-17-15(18)10-11-16(19-17)20(5-2)14-8-6-13(3)7-9-14/h6-11H,4-5,12,18H2,1-3H3. The molecule has 0 amide bonds. The number of pyridine rings is 1. The van der Waals surface area contributed by atoms with E-state index in [1.165, 1.54) is 5.56 Å². The Bertz CT molecular complexity index is 581. The number of benzene rings is 1. The molecule has 21 heavy (non-hydrogen) atoms. The van der Waals surface area contributed by atoms with Crippen molar-refractivity contribution in [1.29, 1.82) is 0 Å². The largest absolute Gasteiger partial charge is 0.476 e. The van der Waals surface area contributed by atoms with Gasteiger partial charge in [-0.2, -0.15) is 4.98 Å². The molecule has 0 aliphatic heterocycles. The van der Waals surface area contributed by atoms with Gasteiger partial charge in [0.25, 0.3) is 0 Å². The Morgan fingerprint density at radius 1 is 1.10 bits per heavy atom. The van der Waals surface area contributed by atoms with Gasteiger partial charge in [0.2, 0.25) is 5.88 Å². The molecule has 1 aromatic carbocycles. The molecule has 2 aromatic rings. The molecule has 4 nitrogen and oxygen atoms in total. The first-order valence-electron chi connectivity index (χ1n) is 7.39. The first kappa shape index (κ1) is 15.2. The third kappa shape index (κ3) is 3.66. The van der Waals surface area contributed by atoms with Crippen molar-refractivity contribution in [3.8, 4) is 5.88 Å². The number of nitrogens with two attached hydrogens (primary N) is 1. The summed E-state index contributed by atoms with van der Waals surface area (Å²) >= 11 is 0. The summed E-state index contributed by atoms with van der Waals surface area (Å²) in [5, 5.41) is 0. The van der Waals surface area contributed by atoms with Gasteiger partial charge in [-0.3, -0.25) is 0 Å². The molecular formula is C17H23N3O. The molecule has 0 saturated carbocycles. The topological polar surface area (TPSA) is 51.4 Å². The van der Waals surface area contributed by atoms with Crippen LogP contribution in [0.5, 0.6) is 5.88 Å². The molecule has 0 fully saturated rings. The van der Waals surface area contributed by atoms with E-state index in [0.717, 1.165) is 24.5 Å². The maximum Gasteiger partial charge on any atom is 0.239 e. The predicted molar refractivity (Wildman–Crippen MR) is 88.3 cm³/mol. The van der Waals surface area contributed by atoms with E-state index in [1.54, 1.807) is 0 Å². The number of rotatable bonds is 6. The van der Waals surface area contributed by atoms with Crippen molar-refractivity contribution >= 4 is 17.2 Å². The Kier molecular flexibility index (Phi) is 5.04. The number of nitrogen functional groups attached to an aromatic ring is 1. The molecule has 1 aromatic heterocycles. The molecule has 0 spiro atoms. The highest BCUT2D eigenvalue weighted by molar-refractivity contribution is 5.63. The first-order valence-corrected chi connectivity index (χ1v) is 7.39. The number of hydrogen-bond donors (Lipinski definition) is 1. The average molecular weight is 285 g/mol. The zero-order valence-corrected chi connectivity index (χ0v) is 13.0. The molecule has 0 unspecified atom stereocenters. The number of anilines is 3. The summed E-state index contributed by atoms with van der Waals surface area (Å²) in [6.45, 7) is 7.69. The number of nitrogens with zero attached hydrogens (tertiary/aromatic N) is 2. The first-order chi connectivity index (χ1) is 10.2. The number of aromatic nitrogens is 1. The second-order valence-electron chi connectivity index (χ2n) is 4.99. The van der Waals surface area contributed by atoms with Crippen LogP contribution in [0.2, 0.25) is 0 Å². The molecule has 4 heteroatoms. The highest BCUT2D eigenvalue weighted by atomic mass is 16.5. The Hall–Kier alpha value is -2.23. The minimum atomic E-state index is 0.514. The van der Waals surface area contributed by atoms with Crippen LogP contribution in [-0.2, 0) is 0 Å². The zero-order chi connectivity index (χ0) is 15.2. The van der Waals surface area contributed by atoms with Crippen LogP contribution in [0.3, 0.4) is 0 Å². The van der Waals surface area contributed by atoms with Crippen molar-refractivity contribution in [2.24, 2.45) is 0 Å². The fourth-order valence-corrected chi connectivity index (χ4v) is 2.11. The van der Waals surface area contributed by atoms with Gasteiger partial charge in [-0.05, 0) is 44.5 Å². The lowest BCUT2D eigenvalue weighted by atomic mass is 10.2. The highest BCUT2D eigenvalue weighted by Gasteiger charge is 2.11. The lowest BCUT2D eigenvalue weighted by molar-refractivity contribution is 0.307. The molecular weight excluding hydrogens is 262 g/mol. The molecule has 112 valence electrons. The van der Waals surface area contributed by atoms with Crippen LogP contribution in [0.4, 0.5) is 17.2 Å². The minimum absolute atomic E-state index is 0.514. The number of ether oxygens (including phenoxy) is 1. The van der Waals surface area contributed by atoms with Crippen molar-refractivity contribution in [2.75, 3.05) is 23.8 Å². The fourth-order valence-electron chi connectivity index (χ4n) is 2.11. The van der Waals surface area contributed by atoms with Gasteiger partial charge in [-0.1, -0.05) is 24.6 Å². The minimum Gasteiger partial charge on any atom is -0.476 e. The third-order valence-electron chi connectivity index (χ3n) is 3.26. The number of hydrogen-bond acceptors (Lipinski definition) is 4. The van der Waals surface area contributed by atoms with Crippen LogP contribution >= 0.6 is 0 Å². The normalized spacial score (nSPS) is 10.4. The van der Waals surface area contributed by atoms with E-state index >= 15 is 0 Å². The quantitative estimate of drug-likeness (QED) is 0.874. The third-order valence-corrected chi connectivity index (χ3v) is 3.26. The van der Waals surface area contributed by atoms with Gasteiger partial charge in [0, 0.05) is 12.2 Å². The van der Waals surface area contributed by atoms with Crippen LogP contribution in [0.1, 0.15) is 25.8 Å². The Morgan fingerprint density at radius 2 is 1.81 bits per heavy atom. The van der Waals surface area contributed by atoms with E-state index in [4.69, 9.17) is 10.5 Å². The Labute approximate surface area is 126 Å². The summed E-state index contributed by atoms with van der Waals surface area (Å²) in [5.41, 5.74) is 8.86. The average Bonchev–Trinajstić information content (AvgIpc) is 2.50. The van der Waals surface area contributed by atoms with Crippen molar-refractivity contribution in [3.05, 3.63) is 42.0 Å². The Balaban J connectivity index is 2.31. The highest BCUT2D eigenvalue weighted by Crippen LogP contribution is 2.28. The zero-order valence-electron chi connectivity index (χ0n) is 13.0. The molecule has 0 radical (unpaired) electrons. The molecule has 2 N–H and O–H groups in total. The van der Waals surface area contributed by atoms with E-state index < -0.39 is 0 Å². The molecule has 0 bridgehead atoms. The van der Waals surface area contributed by atoms with Gasteiger partial charge in [-0.25, -0.2) is 0 Å². The smallest absolute Gasteiger partial charge is 0.239 e. The maximum absolute atomic E-state index is 5.92. The van der Waals surface area contributed by atoms with Gasteiger partial charge in [0.15, 0.2) is 0 Å². The van der Waals surface area contributed by atoms with E-state index in [-0.39, 0.29) is 0 Å². The van der Waals surface area contributed by atoms with Gasteiger partial charge in [0.1, 0.15) is 5.82 Å². The summed E-state index contributed by atoms with van der Waals surface area (Å²) in [5.74, 6) is 1.36. The van der Waals surface area contributed by atoms with E-state index in [9.17, 15) is 0 Å². The lowest BCUT2D eigenvalue weighted by Gasteiger charge is -2.23. The summed E-state index contributed by atoms with van der Waals surface area (Å²) < 4.78 is 5.61. The van der Waals surface area contributed by atoms with Crippen LogP contribution in [0.15, 0.2) is 36.4 Å². The van der Waals surface area contributed by atoms with Crippen molar-refractivity contribution in [2.45, 2.75) is 27.2 Å².